The highest BCUT2D eigenvalue weighted by Gasteiger charge is 2.75. The van der Waals surface area contributed by atoms with Gasteiger partial charge in [0.1, 0.15) is 5.82 Å². The first-order valence-electron chi connectivity index (χ1n) is 7.77. The van der Waals surface area contributed by atoms with E-state index in [-0.39, 0.29) is 11.5 Å². The molecule has 1 aromatic rings. The van der Waals surface area contributed by atoms with Crippen LogP contribution in [-0.2, 0) is 14.3 Å². The molecule has 0 unspecified atom stereocenters. The summed E-state index contributed by atoms with van der Waals surface area (Å²) in [4.78, 5) is 22.9. The van der Waals surface area contributed by atoms with Gasteiger partial charge in [0.15, 0.2) is 18.1 Å². The monoisotopic (exact) mass is 456 g/mol. The fourth-order valence-corrected chi connectivity index (χ4v) is 1.82. The molecule has 0 aliphatic carbocycles. The van der Waals surface area contributed by atoms with Crippen LogP contribution < -0.4 is 9.47 Å². The number of benzene rings is 1. The Morgan fingerprint density at radius 3 is 2.07 bits per heavy atom. The van der Waals surface area contributed by atoms with Crippen LogP contribution in [0.4, 0.5) is 39.5 Å². The summed E-state index contributed by atoms with van der Waals surface area (Å²) in [5, 5.41) is 0. The second kappa shape index (κ2) is 9.43. The van der Waals surface area contributed by atoms with Gasteiger partial charge in [0, 0.05) is 6.07 Å². The van der Waals surface area contributed by atoms with Crippen molar-refractivity contribution in [1.82, 2.24) is 0 Å². The van der Waals surface area contributed by atoms with Gasteiger partial charge >= 0.3 is 36.1 Å². The quantitative estimate of drug-likeness (QED) is 0.300. The Bertz CT molecular complexity index is 767. The Hall–Kier alpha value is -2.67. The van der Waals surface area contributed by atoms with Crippen LogP contribution in [-0.4, -0.2) is 49.8 Å². The van der Waals surface area contributed by atoms with Crippen LogP contribution in [0.3, 0.4) is 0 Å². The van der Waals surface area contributed by atoms with Gasteiger partial charge < -0.3 is 14.2 Å². The molecule has 1 aromatic carbocycles. The molecule has 1 rings (SSSR count). The largest absolute Gasteiger partial charge is 0.493 e. The molecule has 0 heterocycles. The van der Waals surface area contributed by atoms with E-state index >= 15 is 0 Å². The summed E-state index contributed by atoms with van der Waals surface area (Å²) in [5.41, 5.74) is 0. The van der Waals surface area contributed by atoms with Crippen LogP contribution in [0.1, 0.15) is 12.8 Å². The highest BCUT2D eigenvalue weighted by molar-refractivity contribution is 5.79. The van der Waals surface area contributed by atoms with Crippen LogP contribution in [0.2, 0.25) is 0 Å². The normalized spacial score (nSPS) is 12.6. The number of esters is 2. The van der Waals surface area contributed by atoms with Gasteiger partial charge in [0.2, 0.25) is 0 Å². The summed E-state index contributed by atoms with van der Waals surface area (Å²) in [6, 6.07) is 2.75. The van der Waals surface area contributed by atoms with E-state index in [0.717, 1.165) is 25.3 Å². The van der Waals surface area contributed by atoms with E-state index in [0.29, 0.717) is 0 Å². The summed E-state index contributed by atoms with van der Waals surface area (Å²) in [6.45, 7) is -2.64. The molecule has 0 fully saturated rings. The first-order valence-corrected chi connectivity index (χ1v) is 7.77. The smallest absolute Gasteiger partial charge is 0.381 e. The predicted molar refractivity (Wildman–Crippen MR) is 79.6 cm³/mol. The van der Waals surface area contributed by atoms with Gasteiger partial charge in [-0.3, -0.25) is 9.59 Å². The second-order valence-electron chi connectivity index (χ2n) is 5.63. The van der Waals surface area contributed by atoms with Gasteiger partial charge in [-0.2, -0.15) is 26.3 Å². The molecule has 14 heteroatoms. The van der Waals surface area contributed by atoms with Gasteiger partial charge in [0.05, 0.1) is 20.0 Å². The number of alkyl halides is 8. The zero-order chi connectivity index (χ0) is 23.3. The number of rotatable bonds is 10. The maximum Gasteiger partial charge on any atom is 0.381 e. The van der Waals surface area contributed by atoms with E-state index in [1.165, 1.54) is 0 Å². The van der Waals surface area contributed by atoms with Gasteiger partial charge in [-0.1, -0.05) is 0 Å². The van der Waals surface area contributed by atoms with Gasteiger partial charge in [0.25, 0.3) is 0 Å². The third kappa shape index (κ3) is 5.69. The summed E-state index contributed by atoms with van der Waals surface area (Å²) in [6.07, 6.45) is -6.95. The molecule has 0 atom stereocenters. The van der Waals surface area contributed by atoms with Crippen molar-refractivity contribution < 1.29 is 63.3 Å². The average Bonchev–Trinajstić information content (AvgIpc) is 2.65. The molecular formula is C16H13F9O5. The lowest BCUT2D eigenvalue weighted by atomic mass is 10.1. The molecule has 0 aliphatic rings. The van der Waals surface area contributed by atoms with Crippen molar-refractivity contribution in [2.75, 3.05) is 13.7 Å². The van der Waals surface area contributed by atoms with Crippen molar-refractivity contribution >= 4 is 11.9 Å². The van der Waals surface area contributed by atoms with E-state index in [4.69, 9.17) is 9.47 Å². The molecule has 0 aromatic heterocycles. The molecule has 170 valence electrons. The molecule has 30 heavy (non-hydrogen) atoms. The fraction of sp³-hybridized carbons (Fsp3) is 0.500. The molecule has 0 amide bonds. The van der Waals surface area contributed by atoms with Crippen molar-refractivity contribution in [1.29, 1.82) is 0 Å². The Labute approximate surface area is 162 Å². The molecule has 0 saturated carbocycles. The van der Waals surface area contributed by atoms with E-state index in [2.05, 4.69) is 4.74 Å². The average molecular weight is 456 g/mol. The zero-order valence-corrected chi connectivity index (χ0v) is 14.9. The van der Waals surface area contributed by atoms with Gasteiger partial charge in [-0.05, 0) is 12.1 Å². The van der Waals surface area contributed by atoms with Crippen molar-refractivity contribution in [3.8, 4) is 11.5 Å². The standard InChI is InChI=1S/C16H13F9O5/c1-28-10-6-8(17)2-3-9(10)30-12(27)5-4-11(26)29-7-14(20,21)16(24,25)15(22,23)13(18)19/h2-3,6,13H,4-5,7H2,1H3. The molecule has 0 aliphatic heterocycles. The van der Waals surface area contributed by atoms with E-state index < -0.39 is 61.4 Å². The number of carbonyl (C=O) groups is 2. The number of halogens is 9. The van der Waals surface area contributed by atoms with Crippen molar-refractivity contribution in [2.24, 2.45) is 0 Å². The molecule has 5 nitrogen and oxygen atoms in total. The number of methoxy groups -OCH3 is 1. The predicted octanol–water partition coefficient (Wildman–Crippen LogP) is 4.23. The molecule has 0 spiro atoms. The van der Waals surface area contributed by atoms with Crippen LogP contribution in [0.5, 0.6) is 11.5 Å². The number of ether oxygens (including phenoxy) is 3. The SMILES string of the molecule is COc1cc(F)ccc1OC(=O)CCC(=O)OCC(F)(F)C(F)(F)C(F)(F)C(F)F. The first kappa shape index (κ1) is 25.4. The van der Waals surface area contributed by atoms with Crippen molar-refractivity contribution in [2.45, 2.75) is 37.0 Å². The third-order valence-electron chi connectivity index (χ3n) is 3.45. The van der Waals surface area contributed by atoms with Crippen LogP contribution in [0, 0.1) is 5.82 Å². The second-order valence-corrected chi connectivity index (χ2v) is 5.63. The van der Waals surface area contributed by atoms with Crippen LogP contribution in [0.25, 0.3) is 0 Å². The number of hydrogen-bond donors (Lipinski definition) is 0. The van der Waals surface area contributed by atoms with Gasteiger partial charge in [-0.25, -0.2) is 13.2 Å². The zero-order valence-electron chi connectivity index (χ0n) is 14.9. The Morgan fingerprint density at radius 2 is 1.53 bits per heavy atom. The molecule has 0 N–H and O–H groups in total. The fourth-order valence-electron chi connectivity index (χ4n) is 1.82. The lowest BCUT2D eigenvalue weighted by molar-refractivity contribution is -0.344. The van der Waals surface area contributed by atoms with Crippen LogP contribution >= 0.6 is 0 Å². The molecule has 0 radical (unpaired) electrons. The van der Waals surface area contributed by atoms with E-state index in [1.807, 2.05) is 0 Å². The highest BCUT2D eigenvalue weighted by Crippen LogP contribution is 2.48. The summed E-state index contributed by atoms with van der Waals surface area (Å²) in [5.74, 6) is -22.8. The Balaban J connectivity index is 2.62. The summed E-state index contributed by atoms with van der Waals surface area (Å²) < 4.78 is 128. The maximum absolute atomic E-state index is 13.2. The number of carbonyl (C=O) groups excluding carboxylic acids is 2. The topological polar surface area (TPSA) is 61.8 Å². The highest BCUT2D eigenvalue weighted by atomic mass is 19.4. The molecular weight excluding hydrogens is 443 g/mol. The Kier molecular flexibility index (Phi) is 7.97. The summed E-state index contributed by atoms with van der Waals surface area (Å²) >= 11 is 0. The first-order chi connectivity index (χ1) is 13.7. The minimum absolute atomic E-state index is 0.201. The van der Waals surface area contributed by atoms with Crippen molar-refractivity contribution in [3.63, 3.8) is 0 Å². The minimum atomic E-state index is -6.52. The molecule has 0 bridgehead atoms. The third-order valence-corrected chi connectivity index (χ3v) is 3.45. The minimum Gasteiger partial charge on any atom is -0.493 e. The summed E-state index contributed by atoms with van der Waals surface area (Å²) in [7, 11) is 1.12. The maximum atomic E-state index is 13.2. The van der Waals surface area contributed by atoms with Crippen molar-refractivity contribution in [3.05, 3.63) is 24.0 Å². The Morgan fingerprint density at radius 1 is 0.967 bits per heavy atom. The lowest BCUT2D eigenvalue weighted by Crippen LogP contribution is -2.59. The van der Waals surface area contributed by atoms with E-state index in [9.17, 15) is 49.1 Å². The van der Waals surface area contributed by atoms with Gasteiger partial charge in [-0.15, -0.1) is 0 Å². The number of hydrogen-bond acceptors (Lipinski definition) is 5. The van der Waals surface area contributed by atoms with E-state index in [1.54, 1.807) is 0 Å². The molecule has 0 saturated heterocycles. The van der Waals surface area contributed by atoms with Crippen LogP contribution in [0.15, 0.2) is 18.2 Å². The lowest BCUT2D eigenvalue weighted by Gasteiger charge is -2.31.